The van der Waals surface area contributed by atoms with Crippen molar-refractivity contribution in [1.29, 1.82) is 0 Å². The van der Waals surface area contributed by atoms with E-state index in [1.807, 2.05) is 6.92 Å². The van der Waals surface area contributed by atoms with Gasteiger partial charge in [0.1, 0.15) is 5.82 Å². The first-order chi connectivity index (χ1) is 7.74. The number of halogens is 1. The maximum Gasteiger partial charge on any atom is 0.125 e. The molecule has 1 aromatic rings. The Kier molecular flexibility index (Phi) is 5.86. The third kappa shape index (κ3) is 4.62. The van der Waals surface area contributed by atoms with E-state index >= 15 is 0 Å². The zero-order valence-corrected chi connectivity index (χ0v) is 9.80. The van der Waals surface area contributed by atoms with E-state index < -0.39 is 0 Å². The maximum absolute atomic E-state index is 13.0. The molecule has 2 N–H and O–H groups in total. The van der Waals surface area contributed by atoms with Crippen LogP contribution in [-0.2, 0) is 0 Å². The maximum atomic E-state index is 13.0. The Morgan fingerprint density at radius 2 is 1.94 bits per heavy atom. The van der Waals surface area contributed by atoms with Crippen LogP contribution >= 0.6 is 0 Å². The molecule has 2 nitrogen and oxygen atoms in total. The lowest BCUT2D eigenvalue weighted by Crippen LogP contribution is -2.03. The molecule has 1 rings (SSSR count). The highest BCUT2D eigenvalue weighted by Crippen LogP contribution is 2.15. The highest BCUT2D eigenvalue weighted by Gasteiger charge is 1.99. The summed E-state index contributed by atoms with van der Waals surface area (Å²) in [7, 11) is 0. The van der Waals surface area contributed by atoms with E-state index in [2.05, 4.69) is 5.32 Å². The average molecular weight is 225 g/mol. The van der Waals surface area contributed by atoms with Crippen LogP contribution in [-0.4, -0.2) is 18.3 Å². The molecule has 0 aliphatic carbocycles. The van der Waals surface area contributed by atoms with Gasteiger partial charge in [0.05, 0.1) is 0 Å². The Morgan fingerprint density at radius 1 is 1.19 bits per heavy atom. The van der Waals surface area contributed by atoms with Crippen LogP contribution in [0.3, 0.4) is 0 Å². The molecule has 0 unspecified atom stereocenters. The fourth-order valence-electron chi connectivity index (χ4n) is 1.60. The summed E-state index contributed by atoms with van der Waals surface area (Å²) in [6.45, 7) is 3.10. The molecule has 0 aliphatic rings. The Hall–Kier alpha value is -1.09. The molecule has 0 radical (unpaired) electrons. The molecule has 0 bridgehead atoms. The number of aliphatic hydroxyl groups excluding tert-OH is 1. The SMILES string of the molecule is Cc1ccc(F)cc1NCCCCCCO. The predicted octanol–water partition coefficient (Wildman–Crippen LogP) is 3.10. The molecule has 0 saturated heterocycles. The number of aryl methyl sites for hydroxylation is 1. The molecule has 3 heteroatoms. The van der Waals surface area contributed by atoms with Gasteiger partial charge in [-0.2, -0.15) is 0 Å². The molecule has 0 heterocycles. The van der Waals surface area contributed by atoms with Crippen LogP contribution in [0.15, 0.2) is 18.2 Å². The quantitative estimate of drug-likeness (QED) is 0.699. The zero-order chi connectivity index (χ0) is 11.8. The Bertz CT molecular complexity index is 315. The fourth-order valence-corrected chi connectivity index (χ4v) is 1.60. The van der Waals surface area contributed by atoms with Gasteiger partial charge in [-0.25, -0.2) is 4.39 Å². The van der Waals surface area contributed by atoms with Crippen LogP contribution in [0.25, 0.3) is 0 Å². The molecule has 0 atom stereocenters. The monoisotopic (exact) mass is 225 g/mol. The second kappa shape index (κ2) is 7.23. The number of hydrogen-bond acceptors (Lipinski definition) is 2. The standard InChI is InChI=1S/C13H20FNO/c1-11-6-7-12(14)10-13(11)15-8-4-2-3-5-9-16/h6-7,10,15-16H,2-5,8-9H2,1H3. The highest BCUT2D eigenvalue weighted by molar-refractivity contribution is 5.50. The second-order valence-corrected chi connectivity index (χ2v) is 4.02. The van der Waals surface area contributed by atoms with Crippen molar-refractivity contribution in [3.8, 4) is 0 Å². The first kappa shape index (κ1) is 13.0. The number of aliphatic hydroxyl groups is 1. The first-order valence-electron chi connectivity index (χ1n) is 5.85. The normalized spacial score (nSPS) is 10.4. The van der Waals surface area contributed by atoms with Crippen LogP contribution in [0.5, 0.6) is 0 Å². The lowest BCUT2D eigenvalue weighted by Gasteiger charge is -2.09. The third-order valence-corrected chi connectivity index (χ3v) is 2.60. The third-order valence-electron chi connectivity index (χ3n) is 2.60. The minimum absolute atomic E-state index is 0.201. The van der Waals surface area contributed by atoms with Crippen LogP contribution in [0, 0.1) is 12.7 Å². The fraction of sp³-hybridized carbons (Fsp3) is 0.538. The number of rotatable bonds is 7. The van der Waals surface area contributed by atoms with E-state index in [-0.39, 0.29) is 12.4 Å². The van der Waals surface area contributed by atoms with Gasteiger partial charge in [-0.15, -0.1) is 0 Å². The molecular formula is C13H20FNO. The molecule has 16 heavy (non-hydrogen) atoms. The Labute approximate surface area is 96.5 Å². The largest absolute Gasteiger partial charge is 0.396 e. The van der Waals surface area contributed by atoms with Crippen LogP contribution < -0.4 is 5.32 Å². The first-order valence-corrected chi connectivity index (χ1v) is 5.85. The van der Waals surface area contributed by atoms with Gasteiger partial charge in [0, 0.05) is 18.8 Å². The van der Waals surface area contributed by atoms with Gasteiger partial charge in [0.15, 0.2) is 0 Å². The number of nitrogens with one attached hydrogen (secondary N) is 1. The van der Waals surface area contributed by atoms with Crippen molar-refractivity contribution in [2.75, 3.05) is 18.5 Å². The summed E-state index contributed by atoms with van der Waals surface area (Å²) in [5.74, 6) is -0.201. The minimum Gasteiger partial charge on any atom is -0.396 e. The molecular weight excluding hydrogens is 205 g/mol. The summed E-state index contributed by atoms with van der Waals surface area (Å²) in [6.07, 6.45) is 4.08. The molecule has 0 aromatic heterocycles. The van der Waals surface area contributed by atoms with Crippen molar-refractivity contribution >= 4 is 5.69 Å². The van der Waals surface area contributed by atoms with E-state index in [1.165, 1.54) is 12.1 Å². The molecule has 0 amide bonds. The van der Waals surface area contributed by atoms with Gasteiger partial charge in [-0.05, 0) is 37.5 Å². The summed E-state index contributed by atoms with van der Waals surface area (Å²) < 4.78 is 13.0. The molecule has 1 aromatic carbocycles. The summed E-state index contributed by atoms with van der Waals surface area (Å²) in [5, 5.41) is 11.8. The highest BCUT2D eigenvalue weighted by atomic mass is 19.1. The van der Waals surface area contributed by atoms with Crippen LogP contribution in [0.1, 0.15) is 31.2 Å². The zero-order valence-electron chi connectivity index (χ0n) is 9.80. The average Bonchev–Trinajstić information content (AvgIpc) is 2.28. The Morgan fingerprint density at radius 3 is 2.69 bits per heavy atom. The number of hydrogen-bond donors (Lipinski definition) is 2. The predicted molar refractivity (Wildman–Crippen MR) is 65.2 cm³/mol. The van der Waals surface area contributed by atoms with Gasteiger partial charge in [0.25, 0.3) is 0 Å². The minimum atomic E-state index is -0.201. The van der Waals surface area contributed by atoms with Crippen molar-refractivity contribution in [3.63, 3.8) is 0 Å². The van der Waals surface area contributed by atoms with Gasteiger partial charge in [-0.3, -0.25) is 0 Å². The van der Waals surface area contributed by atoms with Gasteiger partial charge < -0.3 is 10.4 Å². The topological polar surface area (TPSA) is 32.3 Å². The lowest BCUT2D eigenvalue weighted by atomic mass is 10.1. The number of unbranched alkanes of at least 4 members (excludes halogenated alkanes) is 3. The van der Waals surface area contributed by atoms with E-state index in [0.717, 1.165) is 43.5 Å². The summed E-state index contributed by atoms with van der Waals surface area (Å²) in [4.78, 5) is 0. The van der Waals surface area contributed by atoms with Crippen molar-refractivity contribution in [2.45, 2.75) is 32.6 Å². The molecule has 0 aliphatic heterocycles. The van der Waals surface area contributed by atoms with Crippen molar-refractivity contribution in [3.05, 3.63) is 29.6 Å². The van der Waals surface area contributed by atoms with E-state index in [4.69, 9.17) is 5.11 Å². The van der Waals surface area contributed by atoms with Crippen molar-refractivity contribution < 1.29 is 9.50 Å². The summed E-state index contributed by atoms with van der Waals surface area (Å²) in [5.41, 5.74) is 1.94. The van der Waals surface area contributed by atoms with E-state index in [0.29, 0.717) is 0 Å². The smallest absolute Gasteiger partial charge is 0.125 e. The van der Waals surface area contributed by atoms with Crippen LogP contribution in [0.2, 0.25) is 0 Å². The number of benzene rings is 1. The van der Waals surface area contributed by atoms with E-state index in [9.17, 15) is 4.39 Å². The molecule has 90 valence electrons. The lowest BCUT2D eigenvalue weighted by molar-refractivity contribution is 0.283. The molecule has 0 fully saturated rings. The Balaban J connectivity index is 2.23. The van der Waals surface area contributed by atoms with E-state index in [1.54, 1.807) is 6.07 Å². The molecule has 0 spiro atoms. The number of anilines is 1. The van der Waals surface area contributed by atoms with Gasteiger partial charge in [-0.1, -0.05) is 18.9 Å². The van der Waals surface area contributed by atoms with Crippen molar-refractivity contribution in [1.82, 2.24) is 0 Å². The summed E-state index contributed by atoms with van der Waals surface area (Å²) >= 11 is 0. The summed E-state index contributed by atoms with van der Waals surface area (Å²) in [6, 6.07) is 4.79. The van der Waals surface area contributed by atoms with Crippen LogP contribution in [0.4, 0.5) is 10.1 Å². The van der Waals surface area contributed by atoms with Gasteiger partial charge >= 0.3 is 0 Å². The second-order valence-electron chi connectivity index (χ2n) is 4.02. The van der Waals surface area contributed by atoms with Gasteiger partial charge in [0.2, 0.25) is 0 Å². The van der Waals surface area contributed by atoms with Crippen molar-refractivity contribution in [2.24, 2.45) is 0 Å². The molecule has 0 saturated carbocycles.